The van der Waals surface area contributed by atoms with E-state index in [4.69, 9.17) is 9.47 Å². The third kappa shape index (κ3) is 4.71. The molecule has 0 radical (unpaired) electrons. The number of nitrogens with zero attached hydrogens (tertiary/aromatic N) is 2. The summed E-state index contributed by atoms with van der Waals surface area (Å²) in [5.41, 5.74) is 1.83. The fraction of sp³-hybridized carbons (Fsp3) is 0.143. The van der Waals surface area contributed by atoms with Crippen LogP contribution in [0.15, 0.2) is 83.4 Å². The molecule has 3 heterocycles. The standard InChI is InChI=1S/C28H22N2O6S2/c1-16-25(27(34)35-2)38-28(29-16)30-22(21(24(32)26(30)33)23(31)20-12-7-13-37-20)18-10-6-11-19(14-18)36-15-17-8-4-3-5-9-17/h3-14,22,32H,15H2,1-2H3. The Bertz CT molecular complexity index is 1540. The van der Waals surface area contributed by atoms with E-state index in [1.165, 1.54) is 23.3 Å². The Morgan fingerprint density at radius 3 is 2.58 bits per heavy atom. The maximum Gasteiger partial charge on any atom is 0.350 e. The van der Waals surface area contributed by atoms with E-state index in [1.54, 1.807) is 48.7 Å². The van der Waals surface area contributed by atoms with Gasteiger partial charge in [-0.2, -0.15) is 0 Å². The van der Waals surface area contributed by atoms with Gasteiger partial charge < -0.3 is 14.6 Å². The minimum absolute atomic E-state index is 0.0647. The van der Waals surface area contributed by atoms with Gasteiger partial charge in [0.25, 0.3) is 5.91 Å². The van der Waals surface area contributed by atoms with Gasteiger partial charge in [-0.1, -0.05) is 59.9 Å². The van der Waals surface area contributed by atoms with Gasteiger partial charge in [-0.05, 0) is 41.6 Å². The van der Waals surface area contributed by atoms with Crippen LogP contribution in [0.25, 0.3) is 0 Å². The van der Waals surface area contributed by atoms with Crippen molar-refractivity contribution in [2.45, 2.75) is 19.6 Å². The molecule has 1 N–H and O–H groups in total. The highest BCUT2D eigenvalue weighted by Crippen LogP contribution is 2.44. The fourth-order valence-corrected chi connectivity index (χ4v) is 5.86. The third-order valence-corrected chi connectivity index (χ3v) is 7.99. The summed E-state index contributed by atoms with van der Waals surface area (Å²) in [5.74, 6) is -1.96. The molecule has 192 valence electrons. The van der Waals surface area contributed by atoms with Crippen molar-refractivity contribution < 1.29 is 29.0 Å². The first-order chi connectivity index (χ1) is 18.4. The maximum absolute atomic E-state index is 13.5. The zero-order valence-electron chi connectivity index (χ0n) is 20.4. The van der Waals surface area contributed by atoms with E-state index >= 15 is 0 Å². The van der Waals surface area contributed by atoms with E-state index in [9.17, 15) is 19.5 Å². The summed E-state index contributed by atoms with van der Waals surface area (Å²) in [5, 5.41) is 12.9. The number of hydrogen-bond donors (Lipinski definition) is 1. The minimum Gasteiger partial charge on any atom is -0.503 e. The molecule has 1 aliphatic heterocycles. The highest BCUT2D eigenvalue weighted by atomic mass is 32.1. The number of aliphatic hydroxyl groups is 1. The van der Waals surface area contributed by atoms with Gasteiger partial charge in [0.1, 0.15) is 17.2 Å². The number of Topliss-reactive ketones (excluding diaryl/α,β-unsaturated/α-hetero) is 1. The third-order valence-electron chi connectivity index (χ3n) is 5.98. The Labute approximate surface area is 226 Å². The zero-order chi connectivity index (χ0) is 26.8. The first-order valence-corrected chi connectivity index (χ1v) is 13.3. The van der Waals surface area contributed by atoms with Crippen LogP contribution in [0.2, 0.25) is 0 Å². The molecule has 1 atom stereocenters. The van der Waals surface area contributed by atoms with Gasteiger partial charge >= 0.3 is 5.97 Å². The van der Waals surface area contributed by atoms with Crippen LogP contribution in [-0.2, 0) is 16.1 Å². The summed E-state index contributed by atoms with van der Waals surface area (Å²) in [6, 6.07) is 19.1. The lowest BCUT2D eigenvalue weighted by molar-refractivity contribution is -0.117. The number of aliphatic hydroxyl groups excluding tert-OH is 1. The van der Waals surface area contributed by atoms with Gasteiger partial charge in [0.05, 0.1) is 29.3 Å². The van der Waals surface area contributed by atoms with Crippen molar-refractivity contribution in [3.05, 3.63) is 110 Å². The van der Waals surface area contributed by atoms with Crippen molar-refractivity contribution in [2.24, 2.45) is 0 Å². The molecule has 2 aromatic heterocycles. The first kappa shape index (κ1) is 25.4. The monoisotopic (exact) mass is 546 g/mol. The molecule has 1 aliphatic rings. The number of amides is 1. The molecule has 0 fully saturated rings. The number of thiophene rings is 1. The van der Waals surface area contributed by atoms with Crippen molar-refractivity contribution in [1.29, 1.82) is 0 Å². The van der Waals surface area contributed by atoms with Crippen molar-refractivity contribution in [2.75, 3.05) is 12.0 Å². The van der Waals surface area contributed by atoms with E-state index < -0.39 is 29.5 Å². The van der Waals surface area contributed by atoms with Gasteiger partial charge in [-0.15, -0.1) is 11.3 Å². The minimum atomic E-state index is -0.992. The molecule has 0 saturated carbocycles. The molecule has 4 aromatic rings. The number of ketones is 1. The van der Waals surface area contributed by atoms with Crippen molar-refractivity contribution >= 4 is 45.5 Å². The van der Waals surface area contributed by atoms with E-state index in [0.29, 0.717) is 28.5 Å². The Kier molecular flexibility index (Phi) is 7.08. The molecule has 0 saturated heterocycles. The number of aromatic nitrogens is 1. The highest BCUT2D eigenvalue weighted by molar-refractivity contribution is 7.17. The topological polar surface area (TPSA) is 106 Å². The predicted molar refractivity (Wildman–Crippen MR) is 144 cm³/mol. The first-order valence-electron chi connectivity index (χ1n) is 11.6. The number of aryl methyl sites for hydroxylation is 1. The Hall–Kier alpha value is -4.28. The highest BCUT2D eigenvalue weighted by Gasteiger charge is 2.46. The van der Waals surface area contributed by atoms with Crippen LogP contribution in [0, 0.1) is 6.92 Å². The molecule has 2 aromatic carbocycles. The van der Waals surface area contributed by atoms with Crippen LogP contribution in [0.4, 0.5) is 5.13 Å². The number of benzene rings is 2. The molecule has 0 aliphatic carbocycles. The molecular weight excluding hydrogens is 524 g/mol. The molecule has 10 heteroatoms. The van der Waals surface area contributed by atoms with Crippen LogP contribution in [0.3, 0.4) is 0 Å². The number of carbonyl (C=O) groups excluding carboxylic acids is 3. The van der Waals surface area contributed by atoms with E-state index in [0.717, 1.165) is 16.9 Å². The SMILES string of the molecule is COC(=O)c1sc(N2C(=O)C(O)=C(C(=O)c3cccs3)C2c2cccc(OCc3ccccc3)c2)nc1C. The van der Waals surface area contributed by atoms with Gasteiger partial charge in [-0.3, -0.25) is 14.5 Å². The lowest BCUT2D eigenvalue weighted by atomic mass is 9.95. The van der Waals surface area contributed by atoms with Crippen LogP contribution in [0.5, 0.6) is 5.75 Å². The van der Waals surface area contributed by atoms with E-state index in [2.05, 4.69) is 4.98 Å². The van der Waals surface area contributed by atoms with Gasteiger partial charge in [-0.25, -0.2) is 9.78 Å². The predicted octanol–water partition coefficient (Wildman–Crippen LogP) is 5.66. The van der Waals surface area contributed by atoms with Crippen LogP contribution >= 0.6 is 22.7 Å². The summed E-state index contributed by atoms with van der Waals surface area (Å²) >= 11 is 2.17. The number of rotatable bonds is 8. The van der Waals surface area contributed by atoms with Gasteiger partial charge in [0, 0.05) is 0 Å². The Balaban J connectivity index is 1.57. The van der Waals surface area contributed by atoms with E-state index in [1.807, 2.05) is 30.3 Å². The number of thiazole rings is 1. The smallest absolute Gasteiger partial charge is 0.350 e. The lowest BCUT2D eigenvalue weighted by Crippen LogP contribution is -2.31. The average molecular weight is 547 g/mol. The van der Waals surface area contributed by atoms with Crippen LogP contribution < -0.4 is 9.64 Å². The average Bonchev–Trinajstić information content (AvgIpc) is 3.67. The second-order valence-corrected chi connectivity index (χ2v) is 10.3. The Morgan fingerprint density at radius 2 is 1.87 bits per heavy atom. The molecule has 0 spiro atoms. The summed E-state index contributed by atoms with van der Waals surface area (Å²) in [4.78, 5) is 45.5. The second kappa shape index (κ2) is 10.6. The van der Waals surface area contributed by atoms with Crippen molar-refractivity contribution in [3.63, 3.8) is 0 Å². The van der Waals surface area contributed by atoms with Crippen molar-refractivity contribution in [3.8, 4) is 5.75 Å². The fourth-order valence-electron chi connectivity index (χ4n) is 4.17. The molecule has 5 rings (SSSR count). The molecule has 1 amide bonds. The largest absolute Gasteiger partial charge is 0.503 e. The number of anilines is 1. The molecule has 38 heavy (non-hydrogen) atoms. The molecule has 1 unspecified atom stereocenters. The van der Waals surface area contributed by atoms with E-state index in [-0.39, 0.29) is 15.6 Å². The van der Waals surface area contributed by atoms with Crippen LogP contribution in [-0.4, -0.2) is 34.9 Å². The maximum atomic E-state index is 13.5. The molecule has 8 nitrogen and oxygen atoms in total. The number of ether oxygens (including phenoxy) is 2. The molecular formula is C28H22N2O6S2. The Morgan fingerprint density at radius 1 is 1.08 bits per heavy atom. The summed E-state index contributed by atoms with van der Waals surface area (Å²) in [6.45, 7) is 1.96. The number of esters is 1. The number of methoxy groups -OCH3 is 1. The molecule has 0 bridgehead atoms. The second-order valence-electron chi connectivity index (χ2n) is 8.40. The summed E-state index contributed by atoms with van der Waals surface area (Å²) in [6.07, 6.45) is 0. The normalized spacial score (nSPS) is 15.2. The van der Waals surface area contributed by atoms with Gasteiger partial charge in [0.15, 0.2) is 10.9 Å². The quantitative estimate of drug-likeness (QED) is 0.224. The zero-order valence-corrected chi connectivity index (χ0v) is 22.0. The van der Waals surface area contributed by atoms with Gasteiger partial charge in [0.2, 0.25) is 5.78 Å². The number of carbonyl (C=O) groups is 3. The van der Waals surface area contributed by atoms with Crippen molar-refractivity contribution in [1.82, 2.24) is 4.98 Å². The summed E-state index contributed by atoms with van der Waals surface area (Å²) < 4.78 is 10.8. The number of hydrogen-bond acceptors (Lipinski definition) is 9. The lowest BCUT2D eigenvalue weighted by Gasteiger charge is -2.24. The summed E-state index contributed by atoms with van der Waals surface area (Å²) in [7, 11) is 1.26. The van der Waals surface area contributed by atoms with Crippen LogP contribution in [0.1, 0.15) is 42.2 Å².